The Morgan fingerprint density at radius 2 is 2.00 bits per heavy atom. The average molecular weight is 247 g/mol. The van der Waals surface area contributed by atoms with Gasteiger partial charge >= 0.3 is 0 Å². The number of imidazole rings is 1. The van der Waals surface area contributed by atoms with Crippen LogP contribution in [0, 0.1) is 0 Å². The van der Waals surface area contributed by atoms with Crippen LogP contribution in [0.2, 0.25) is 0 Å². The molecule has 0 aromatic carbocycles. The van der Waals surface area contributed by atoms with E-state index < -0.39 is 0 Å². The highest BCUT2D eigenvalue weighted by atomic mass is 79.9. The molecule has 0 fully saturated rings. The summed E-state index contributed by atoms with van der Waals surface area (Å²) >= 11 is 0. The number of hydrogen-bond donors (Lipinski definition) is 0. The molecule has 13 heavy (non-hydrogen) atoms. The summed E-state index contributed by atoms with van der Waals surface area (Å²) in [4.78, 5) is 0. The van der Waals surface area contributed by atoms with Gasteiger partial charge in [-0.15, -0.1) is 0 Å². The van der Waals surface area contributed by atoms with Gasteiger partial charge in [-0.1, -0.05) is 20.3 Å². The van der Waals surface area contributed by atoms with Crippen molar-refractivity contribution >= 4 is 0 Å². The molecule has 0 aliphatic carbocycles. The van der Waals surface area contributed by atoms with Crippen molar-refractivity contribution in [2.75, 3.05) is 0 Å². The first-order chi connectivity index (χ1) is 5.86. The summed E-state index contributed by atoms with van der Waals surface area (Å²) < 4.78 is 4.51. The lowest BCUT2D eigenvalue weighted by Gasteiger charge is -1.92. The Balaban J connectivity index is 0.00000144. The fourth-order valence-electron chi connectivity index (χ4n) is 1.30. The van der Waals surface area contributed by atoms with Crippen LogP contribution in [-0.2, 0) is 13.1 Å². The van der Waals surface area contributed by atoms with E-state index in [0.29, 0.717) is 0 Å². The Morgan fingerprint density at radius 3 is 2.62 bits per heavy atom. The minimum absolute atomic E-state index is 0. The van der Waals surface area contributed by atoms with Crippen LogP contribution in [0.3, 0.4) is 0 Å². The van der Waals surface area contributed by atoms with Crippen molar-refractivity contribution < 1.29 is 21.5 Å². The van der Waals surface area contributed by atoms with Crippen molar-refractivity contribution in [3.8, 4) is 0 Å². The first kappa shape index (κ1) is 12.7. The molecule has 0 spiro atoms. The van der Waals surface area contributed by atoms with Gasteiger partial charge in [0, 0.05) is 0 Å². The van der Waals surface area contributed by atoms with Crippen LogP contribution in [-0.4, -0.2) is 4.57 Å². The molecule has 0 N–H and O–H groups in total. The van der Waals surface area contributed by atoms with Gasteiger partial charge in [0.15, 0.2) is 0 Å². The summed E-state index contributed by atoms with van der Waals surface area (Å²) in [5.74, 6) is 0. The fourth-order valence-corrected chi connectivity index (χ4v) is 1.30. The van der Waals surface area contributed by atoms with E-state index in [1.807, 2.05) is 0 Å². The third-order valence-electron chi connectivity index (χ3n) is 2.00. The number of halogens is 1. The second-order valence-corrected chi connectivity index (χ2v) is 3.24. The van der Waals surface area contributed by atoms with E-state index in [1.54, 1.807) is 0 Å². The van der Waals surface area contributed by atoms with Crippen molar-refractivity contribution in [1.29, 1.82) is 0 Å². The van der Waals surface area contributed by atoms with Crippen molar-refractivity contribution in [3.05, 3.63) is 18.7 Å². The second kappa shape index (κ2) is 7.13. The molecule has 0 atom stereocenters. The number of unbranched alkanes of at least 4 members (excludes halogenated alkanes) is 1. The van der Waals surface area contributed by atoms with Gasteiger partial charge in [-0.2, -0.15) is 0 Å². The minimum atomic E-state index is 0. The number of rotatable bonds is 5. The molecule has 0 aliphatic rings. The molecular formula is C10H19BrN2. The van der Waals surface area contributed by atoms with Gasteiger partial charge in [-0.05, 0) is 12.8 Å². The number of hydrogen-bond acceptors (Lipinski definition) is 0. The molecule has 0 saturated heterocycles. The Kier molecular flexibility index (Phi) is 6.96. The Labute approximate surface area is 91.3 Å². The summed E-state index contributed by atoms with van der Waals surface area (Å²) in [5, 5.41) is 0. The first-order valence-corrected chi connectivity index (χ1v) is 4.91. The van der Waals surface area contributed by atoms with Crippen LogP contribution >= 0.6 is 0 Å². The van der Waals surface area contributed by atoms with Gasteiger partial charge in [0.25, 0.3) is 0 Å². The average Bonchev–Trinajstić information content (AvgIpc) is 2.50. The first-order valence-electron chi connectivity index (χ1n) is 4.91. The van der Waals surface area contributed by atoms with Gasteiger partial charge in [-0.3, -0.25) is 0 Å². The molecule has 76 valence electrons. The lowest BCUT2D eigenvalue weighted by atomic mass is 10.3. The standard InChI is InChI=1S/C10H19N2.BrH/c1-3-5-7-12-9-8-11(10-12)6-4-2;/h8-10H,3-7H2,1-2H3;1H/q+1;/p-1. The molecule has 1 aromatic heterocycles. The van der Waals surface area contributed by atoms with Gasteiger partial charge in [0.1, 0.15) is 12.4 Å². The van der Waals surface area contributed by atoms with Crippen LogP contribution in [0.1, 0.15) is 33.1 Å². The molecule has 0 saturated carbocycles. The van der Waals surface area contributed by atoms with E-state index in [2.05, 4.69) is 41.7 Å². The zero-order valence-electron chi connectivity index (χ0n) is 8.54. The molecule has 2 nitrogen and oxygen atoms in total. The highest BCUT2D eigenvalue weighted by Crippen LogP contribution is 1.92. The van der Waals surface area contributed by atoms with Crippen molar-refractivity contribution in [2.24, 2.45) is 0 Å². The van der Waals surface area contributed by atoms with Crippen LogP contribution in [0.4, 0.5) is 0 Å². The lowest BCUT2D eigenvalue weighted by molar-refractivity contribution is -0.696. The third kappa shape index (κ3) is 4.46. The fraction of sp³-hybridized carbons (Fsp3) is 0.700. The summed E-state index contributed by atoms with van der Waals surface area (Å²) in [6.45, 7) is 6.73. The zero-order chi connectivity index (χ0) is 8.81. The molecule has 0 radical (unpaired) electrons. The molecular weight excluding hydrogens is 228 g/mol. The molecule has 0 amide bonds. The quantitative estimate of drug-likeness (QED) is 0.590. The molecule has 0 aliphatic heterocycles. The van der Waals surface area contributed by atoms with E-state index in [4.69, 9.17) is 0 Å². The third-order valence-corrected chi connectivity index (χ3v) is 2.00. The summed E-state index contributed by atoms with van der Waals surface area (Å²) in [6, 6.07) is 0. The van der Waals surface area contributed by atoms with Crippen molar-refractivity contribution in [1.82, 2.24) is 4.57 Å². The van der Waals surface area contributed by atoms with Crippen LogP contribution in [0.25, 0.3) is 0 Å². The Morgan fingerprint density at radius 1 is 1.23 bits per heavy atom. The van der Waals surface area contributed by atoms with Crippen LogP contribution in [0.15, 0.2) is 18.7 Å². The molecule has 3 heteroatoms. The van der Waals surface area contributed by atoms with E-state index in [9.17, 15) is 0 Å². The zero-order valence-corrected chi connectivity index (χ0v) is 10.1. The summed E-state index contributed by atoms with van der Waals surface area (Å²) in [5.41, 5.74) is 0. The summed E-state index contributed by atoms with van der Waals surface area (Å²) in [7, 11) is 0. The lowest BCUT2D eigenvalue weighted by Crippen LogP contribution is -3.00. The van der Waals surface area contributed by atoms with Crippen molar-refractivity contribution in [3.63, 3.8) is 0 Å². The number of aromatic nitrogens is 2. The monoisotopic (exact) mass is 246 g/mol. The van der Waals surface area contributed by atoms with Gasteiger partial charge in [-0.25, -0.2) is 9.13 Å². The van der Waals surface area contributed by atoms with Gasteiger partial charge in [0.2, 0.25) is 6.33 Å². The maximum atomic E-state index is 2.26. The van der Waals surface area contributed by atoms with Gasteiger partial charge in [0.05, 0.1) is 13.1 Å². The maximum Gasteiger partial charge on any atom is 0.243 e. The van der Waals surface area contributed by atoms with Gasteiger partial charge < -0.3 is 17.0 Å². The molecule has 0 unspecified atom stereocenters. The molecule has 1 heterocycles. The maximum absolute atomic E-state index is 2.26. The predicted octanol–water partition coefficient (Wildman–Crippen LogP) is -1.01. The largest absolute Gasteiger partial charge is 1.00 e. The summed E-state index contributed by atoms with van der Waals surface area (Å²) in [6.07, 6.45) is 10.3. The number of nitrogens with zero attached hydrogens (tertiary/aromatic N) is 2. The van der Waals surface area contributed by atoms with Crippen molar-refractivity contribution in [2.45, 2.75) is 46.2 Å². The van der Waals surface area contributed by atoms with E-state index in [0.717, 1.165) is 13.1 Å². The van der Waals surface area contributed by atoms with Crippen LogP contribution < -0.4 is 21.5 Å². The van der Waals surface area contributed by atoms with E-state index in [-0.39, 0.29) is 17.0 Å². The predicted molar refractivity (Wildman–Crippen MR) is 49.8 cm³/mol. The number of aryl methyl sites for hydroxylation is 2. The molecule has 0 bridgehead atoms. The van der Waals surface area contributed by atoms with E-state index >= 15 is 0 Å². The molecule has 1 aromatic rings. The Hall–Kier alpha value is -0.310. The molecule has 1 rings (SSSR count). The van der Waals surface area contributed by atoms with E-state index in [1.165, 1.54) is 19.3 Å². The second-order valence-electron chi connectivity index (χ2n) is 3.24. The smallest absolute Gasteiger partial charge is 0.243 e. The topological polar surface area (TPSA) is 8.81 Å². The van der Waals surface area contributed by atoms with Crippen LogP contribution in [0.5, 0.6) is 0 Å². The highest BCUT2D eigenvalue weighted by Gasteiger charge is 2.00. The minimum Gasteiger partial charge on any atom is -1.00 e. The normalized spacial score (nSPS) is 9.69. The Bertz CT molecular complexity index is 220. The highest BCUT2D eigenvalue weighted by molar-refractivity contribution is 4.65. The SMILES string of the molecule is CCCCn1cc[n+](CCC)c1.[Br-].